The fourth-order valence-electron chi connectivity index (χ4n) is 1.96. The van der Waals surface area contributed by atoms with Gasteiger partial charge in [0.05, 0.1) is 5.69 Å². The molecule has 2 N–H and O–H groups in total. The Labute approximate surface area is 104 Å². The van der Waals surface area contributed by atoms with E-state index in [1.54, 1.807) is 12.1 Å². The van der Waals surface area contributed by atoms with Crippen molar-refractivity contribution in [2.45, 2.75) is 0 Å². The summed E-state index contributed by atoms with van der Waals surface area (Å²) in [4.78, 5) is 15.2. The van der Waals surface area contributed by atoms with Crippen LogP contribution in [-0.2, 0) is 0 Å². The molecule has 3 aromatic rings. The Bertz CT molecular complexity index is 686. The van der Waals surface area contributed by atoms with Gasteiger partial charge in [0.2, 0.25) is 0 Å². The van der Waals surface area contributed by atoms with Crippen molar-refractivity contribution >= 4 is 22.5 Å². The number of aromatic nitrogens is 1. The number of aromatic amines is 1. The van der Waals surface area contributed by atoms with E-state index in [0.717, 1.165) is 16.6 Å². The summed E-state index contributed by atoms with van der Waals surface area (Å²) < 4.78 is 0. The monoisotopic (exact) mass is 236 g/mol. The predicted octanol–water partition coefficient (Wildman–Crippen LogP) is 3.42. The number of benzene rings is 2. The zero-order valence-electron chi connectivity index (χ0n) is 9.68. The highest BCUT2D eigenvalue weighted by atomic mass is 16.1. The number of H-pyrrole nitrogens is 1. The minimum absolute atomic E-state index is 0.0969. The zero-order valence-corrected chi connectivity index (χ0v) is 9.68. The Hall–Kier alpha value is -2.55. The number of rotatable bonds is 2. The van der Waals surface area contributed by atoms with Crippen molar-refractivity contribution in [1.29, 1.82) is 0 Å². The number of hydrogen-bond acceptors (Lipinski definition) is 1. The molecule has 0 bridgehead atoms. The molecule has 0 saturated heterocycles. The van der Waals surface area contributed by atoms with Crippen molar-refractivity contribution in [3.8, 4) is 0 Å². The van der Waals surface area contributed by atoms with Crippen LogP contribution < -0.4 is 5.32 Å². The fraction of sp³-hybridized carbons (Fsp3) is 0. The second-order valence-corrected chi connectivity index (χ2v) is 4.07. The Morgan fingerprint density at radius 1 is 0.944 bits per heavy atom. The molecule has 3 rings (SSSR count). The lowest BCUT2D eigenvalue weighted by atomic mass is 10.2. The quantitative estimate of drug-likeness (QED) is 0.703. The first-order chi connectivity index (χ1) is 8.84. The van der Waals surface area contributed by atoms with E-state index in [0.29, 0.717) is 5.56 Å². The zero-order chi connectivity index (χ0) is 12.4. The Kier molecular flexibility index (Phi) is 2.57. The lowest BCUT2D eigenvalue weighted by Gasteiger charge is -2.03. The molecule has 0 aliphatic rings. The number of nitrogens with one attached hydrogen (secondary N) is 2. The van der Waals surface area contributed by atoms with Gasteiger partial charge in [-0.25, -0.2) is 0 Å². The van der Waals surface area contributed by atoms with Gasteiger partial charge in [0.1, 0.15) is 0 Å². The molecule has 3 nitrogen and oxygen atoms in total. The summed E-state index contributed by atoms with van der Waals surface area (Å²) in [5.41, 5.74) is 2.48. The average Bonchev–Trinajstić information content (AvgIpc) is 2.83. The molecule has 3 heteroatoms. The molecule has 0 unspecified atom stereocenters. The van der Waals surface area contributed by atoms with Gasteiger partial charge in [-0.3, -0.25) is 4.79 Å². The Morgan fingerprint density at radius 3 is 2.50 bits per heavy atom. The summed E-state index contributed by atoms with van der Waals surface area (Å²) in [6.07, 6.45) is 1.81. The molecule has 0 radical (unpaired) electrons. The van der Waals surface area contributed by atoms with Crippen molar-refractivity contribution in [1.82, 2.24) is 4.98 Å². The van der Waals surface area contributed by atoms with Crippen LogP contribution in [0.4, 0.5) is 5.69 Å². The largest absolute Gasteiger partial charge is 0.359 e. The van der Waals surface area contributed by atoms with Crippen molar-refractivity contribution < 1.29 is 4.79 Å². The summed E-state index contributed by atoms with van der Waals surface area (Å²) in [7, 11) is 0. The molecule has 1 amide bonds. The van der Waals surface area contributed by atoms with Gasteiger partial charge < -0.3 is 10.3 Å². The summed E-state index contributed by atoms with van der Waals surface area (Å²) in [5, 5.41) is 3.93. The lowest BCUT2D eigenvalue weighted by Crippen LogP contribution is -2.11. The summed E-state index contributed by atoms with van der Waals surface area (Å²) in [6.45, 7) is 0. The van der Waals surface area contributed by atoms with Gasteiger partial charge in [-0.05, 0) is 18.2 Å². The summed E-state index contributed by atoms with van der Waals surface area (Å²) >= 11 is 0. The van der Waals surface area contributed by atoms with Crippen molar-refractivity contribution in [3.63, 3.8) is 0 Å². The van der Waals surface area contributed by atoms with Gasteiger partial charge in [0.15, 0.2) is 0 Å². The number of anilines is 1. The average molecular weight is 236 g/mol. The van der Waals surface area contributed by atoms with E-state index in [1.165, 1.54) is 0 Å². The van der Waals surface area contributed by atoms with E-state index in [4.69, 9.17) is 0 Å². The second kappa shape index (κ2) is 4.37. The number of amides is 1. The Morgan fingerprint density at radius 2 is 1.67 bits per heavy atom. The van der Waals surface area contributed by atoms with E-state index in [-0.39, 0.29) is 5.91 Å². The van der Waals surface area contributed by atoms with Gasteiger partial charge in [0, 0.05) is 22.7 Å². The SMILES string of the molecule is O=C(Nc1c[nH]c2ccccc12)c1ccccc1. The molecule has 0 saturated carbocycles. The van der Waals surface area contributed by atoms with E-state index in [2.05, 4.69) is 10.3 Å². The van der Waals surface area contributed by atoms with E-state index < -0.39 is 0 Å². The van der Waals surface area contributed by atoms with Crippen molar-refractivity contribution in [2.24, 2.45) is 0 Å². The van der Waals surface area contributed by atoms with Gasteiger partial charge in [0.25, 0.3) is 5.91 Å². The van der Waals surface area contributed by atoms with Crippen LogP contribution in [-0.4, -0.2) is 10.9 Å². The van der Waals surface area contributed by atoms with Crippen LogP contribution in [0.15, 0.2) is 60.8 Å². The van der Waals surface area contributed by atoms with Gasteiger partial charge in [-0.1, -0.05) is 36.4 Å². The maximum absolute atomic E-state index is 12.0. The molecule has 18 heavy (non-hydrogen) atoms. The third kappa shape index (κ3) is 1.86. The van der Waals surface area contributed by atoms with Crippen LogP contribution in [0.25, 0.3) is 10.9 Å². The first kappa shape index (κ1) is 10.6. The minimum atomic E-state index is -0.0969. The first-order valence-electron chi connectivity index (χ1n) is 5.77. The lowest BCUT2D eigenvalue weighted by molar-refractivity contribution is 0.102. The van der Waals surface area contributed by atoms with Crippen LogP contribution in [0.1, 0.15) is 10.4 Å². The highest BCUT2D eigenvalue weighted by Gasteiger charge is 2.08. The maximum atomic E-state index is 12.0. The van der Waals surface area contributed by atoms with Crippen LogP contribution in [0.3, 0.4) is 0 Å². The third-order valence-corrected chi connectivity index (χ3v) is 2.87. The molecule has 0 aliphatic heterocycles. The van der Waals surface area contributed by atoms with Crippen LogP contribution in [0.2, 0.25) is 0 Å². The summed E-state index contributed by atoms with van der Waals surface area (Å²) in [5.74, 6) is -0.0969. The smallest absolute Gasteiger partial charge is 0.255 e. The molecule has 1 aromatic heterocycles. The number of fused-ring (bicyclic) bond motifs is 1. The summed E-state index contributed by atoms with van der Waals surface area (Å²) in [6, 6.07) is 17.1. The molecule has 0 aliphatic carbocycles. The van der Waals surface area contributed by atoms with Crippen molar-refractivity contribution in [2.75, 3.05) is 5.32 Å². The number of para-hydroxylation sites is 1. The minimum Gasteiger partial charge on any atom is -0.359 e. The second-order valence-electron chi connectivity index (χ2n) is 4.07. The normalized spacial score (nSPS) is 10.4. The molecule has 1 heterocycles. The molecule has 2 aromatic carbocycles. The molecular formula is C15H12N2O. The molecule has 0 atom stereocenters. The molecule has 0 fully saturated rings. The molecular weight excluding hydrogens is 224 g/mol. The highest BCUT2D eigenvalue weighted by Crippen LogP contribution is 2.22. The van der Waals surface area contributed by atoms with E-state index >= 15 is 0 Å². The van der Waals surface area contributed by atoms with Gasteiger partial charge >= 0.3 is 0 Å². The first-order valence-corrected chi connectivity index (χ1v) is 5.77. The maximum Gasteiger partial charge on any atom is 0.255 e. The molecule has 88 valence electrons. The van der Waals surface area contributed by atoms with Crippen LogP contribution in [0.5, 0.6) is 0 Å². The molecule has 0 spiro atoms. The van der Waals surface area contributed by atoms with Crippen LogP contribution in [0, 0.1) is 0 Å². The van der Waals surface area contributed by atoms with Gasteiger partial charge in [-0.2, -0.15) is 0 Å². The van der Waals surface area contributed by atoms with E-state index in [9.17, 15) is 4.79 Å². The standard InChI is InChI=1S/C15H12N2O/c18-15(11-6-2-1-3-7-11)17-14-10-16-13-9-5-4-8-12(13)14/h1-10,16H,(H,17,18). The number of carbonyl (C=O) groups is 1. The number of carbonyl (C=O) groups excluding carboxylic acids is 1. The fourth-order valence-corrected chi connectivity index (χ4v) is 1.96. The Balaban J connectivity index is 1.91. The number of hydrogen-bond donors (Lipinski definition) is 2. The van der Waals surface area contributed by atoms with Crippen molar-refractivity contribution in [3.05, 3.63) is 66.4 Å². The highest BCUT2D eigenvalue weighted by molar-refractivity contribution is 6.08. The topological polar surface area (TPSA) is 44.9 Å². The predicted molar refractivity (Wildman–Crippen MR) is 72.7 cm³/mol. The third-order valence-electron chi connectivity index (χ3n) is 2.87. The van der Waals surface area contributed by atoms with E-state index in [1.807, 2.05) is 48.7 Å². The van der Waals surface area contributed by atoms with Gasteiger partial charge in [-0.15, -0.1) is 0 Å². The van der Waals surface area contributed by atoms with Crippen LogP contribution >= 0.6 is 0 Å².